The molecule has 0 aliphatic carbocycles. The van der Waals surface area contributed by atoms with E-state index in [1.165, 1.54) is 0 Å². The number of hydrogen-bond acceptors (Lipinski definition) is 4. The van der Waals surface area contributed by atoms with Crippen LogP contribution in [0, 0.1) is 11.8 Å². The first-order valence-corrected chi connectivity index (χ1v) is 9.61. The van der Waals surface area contributed by atoms with Crippen LogP contribution >= 0.6 is 12.4 Å². The Bertz CT molecular complexity index is 422. The maximum Gasteiger partial charge on any atom is 0.317 e. The average Bonchev–Trinajstić information content (AvgIpc) is 2.70. The number of carboxylic acid groups (broad SMARTS) is 1. The molecule has 0 saturated carbocycles. The molecule has 154 valence electrons. The summed E-state index contributed by atoms with van der Waals surface area (Å²) in [4.78, 5) is 29.8. The molecule has 1 N–H and O–H groups in total. The van der Waals surface area contributed by atoms with E-state index in [0.29, 0.717) is 24.4 Å². The Labute approximate surface area is 165 Å². The third kappa shape index (κ3) is 9.74. The summed E-state index contributed by atoms with van der Waals surface area (Å²) in [7, 11) is 1.88. The summed E-state index contributed by atoms with van der Waals surface area (Å²) in [6, 6.07) is 0.290. The van der Waals surface area contributed by atoms with E-state index in [1.54, 1.807) is 0 Å². The Hall–Kier alpha value is -0.850. The molecule has 1 heterocycles. The molecule has 0 radical (unpaired) electrons. The van der Waals surface area contributed by atoms with Crippen LogP contribution in [0.4, 0.5) is 0 Å². The lowest BCUT2D eigenvalue weighted by Gasteiger charge is -2.29. The molecule has 1 atom stereocenters. The number of carbonyl (C=O) groups excluding carboxylic acids is 1. The number of likely N-dealkylation sites (N-methyl/N-ethyl adjacent to an activating group) is 1. The molecule has 0 aromatic heterocycles. The number of rotatable bonds is 9. The molecular formula is C19H38ClN3O3. The van der Waals surface area contributed by atoms with Crippen LogP contribution in [-0.4, -0.2) is 84.0 Å². The number of aliphatic carboxylic acids is 1. The van der Waals surface area contributed by atoms with Crippen molar-refractivity contribution >= 4 is 24.3 Å². The summed E-state index contributed by atoms with van der Waals surface area (Å²) < 4.78 is 0. The predicted molar refractivity (Wildman–Crippen MR) is 108 cm³/mol. The van der Waals surface area contributed by atoms with Gasteiger partial charge in [-0.15, -0.1) is 12.4 Å². The Kier molecular flexibility index (Phi) is 12.1. The molecule has 0 aromatic carbocycles. The van der Waals surface area contributed by atoms with Gasteiger partial charge in [0.15, 0.2) is 0 Å². The first-order chi connectivity index (χ1) is 11.7. The SMILES string of the molecule is CC(C)CN(CC(C)C)C(=O)CN1CCCC(N(C)CC(=O)O)CC1.Cl. The predicted octanol–water partition coefficient (Wildman–Crippen LogP) is 2.42. The minimum Gasteiger partial charge on any atom is -0.480 e. The lowest BCUT2D eigenvalue weighted by molar-refractivity contribution is -0.138. The third-order valence-electron chi connectivity index (χ3n) is 4.68. The van der Waals surface area contributed by atoms with Gasteiger partial charge in [-0.2, -0.15) is 0 Å². The highest BCUT2D eigenvalue weighted by molar-refractivity contribution is 5.85. The van der Waals surface area contributed by atoms with Gasteiger partial charge in [-0.05, 0) is 44.7 Å². The van der Waals surface area contributed by atoms with Gasteiger partial charge in [0, 0.05) is 25.7 Å². The summed E-state index contributed by atoms with van der Waals surface area (Å²) in [6.07, 6.45) is 2.93. The minimum atomic E-state index is -0.781. The number of likely N-dealkylation sites (tertiary alicyclic amines) is 1. The third-order valence-corrected chi connectivity index (χ3v) is 4.68. The van der Waals surface area contributed by atoms with E-state index in [2.05, 4.69) is 32.6 Å². The maximum atomic E-state index is 12.8. The van der Waals surface area contributed by atoms with Crippen molar-refractivity contribution in [3.63, 3.8) is 0 Å². The Morgan fingerprint density at radius 3 is 2.15 bits per heavy atom. The van der Waals surface area contributed by atoms with Crippen LogP contribution in [0.5, 0.6) is 0 Å². The fraction of sp³-hybridized carbons (Fsp3) is 0.895. The molecule has 0 aromatic rings. The zero-order valence-electron chi connectivity index (χ0n) is 17.1. The van der Waals surface area contributed by atoms with Crippen molar-refractivity contribution in [2.75, 3.05) is 46.3 Å². The number of amides is 1. The molecule has 0 bridgehead atoms. The quantitative estimate of drug-likeness (QED) is 0.653. The van der Waals surface area contributed by atoms with Crippen molar-refractivity contribution in [3.8, 4) is 0 Å². The second-order valence-electron chi connectivity index (χ2n) is 8.26. The van der Waals surface area contributed by atoms with Gasteiger partial charge < -0.3 is 10.0 Å². The van der Waals surface area contributed by atoms with Crippen LogP contribution in [-0.2, 0) is 9.59 Å². The van der Waals surface area contributed by atoms with Crippen LogP contribution < -0.4 is 0 Å². The maximum absolute atomic E-state index is 12.8. The van der Waals surface area contributed by atoms with Crippen molar-refractivity contribution in [1.82, 2.24) is 14.7 Å². The van der Waals surface area contributed by atoms with E-state index in [0.717, 1.165) is 45.4 Å². The molecule has 1 aliphatic rings. The molecule has 1 saturated heterocycles. The second-order valence-corrected chi connectivity index (χ2v) is 8.26. The van der Waals surface area contributed by atoms with Crippen molar-refractivity contribution in [1.29, 1.82) is 0 Å². The molecule has 1 amide bonds. The van der Waals surface area contributed by atoms with Crippen LogP contribution in [0.3, 0.4) is 0 Å². The highest BCUT2D eigenvalue weighted by Gasteiger charge is 2.24. The normalized spacial score (nSPS) is 18.7. The Morgan fingerprint density at radius 2 is 1.65 bits per heavy atom. The number of hydrogen-bond donors (Lipinski definition) is 1. The van der Waals surface area contributed by atoms with Gasteiger partial charge in [0.1, 0.15) is 0 Å². The van der Waals surface area contributed by atoms with Gasteiger partial charge in [-0.25, -0.2) is 0 Å². The fourth-order valence-corrected chi connectivity index (χ4v) is 3.53. The smallest absolute Gasteiger partial charge is 0.317 e. The lowest BCUT2D eigenvalue weighted by Crippen LogP contribution is -2.44. The fourth-order valence-electron chi connectivity index (χ4n) is 3.53. The van der Waals surface area contributed by atoms with E-state index in [9.17, 15) is 9.59 Å². The first kappa shape index (κ1) is 25.1. The highest BCUT2D eigenvalue weighted by Crippen LogP contribution is 2.16. The first-order valence-electron chi connectivity index (χ1n) is 9.61. The zero-order chi connectivity index (χ0) is 19.0. The molecule has 1 rings (SSSR count). The number of carboxylic acids is 1. The molecule has 7 heteroatoms. The average molecular weight is 392 g/mol. The topological polar surface area (TPSA) is 64.1 Å². The van der Waals surface area contributed by atoms with E-state index in [4.69, 9.17) is 5.11 Å². The molecule has 0 spiro atoms. The van der Waals surface area contributed by atoms with Crippen LogP contribution in [0.15, 0.2) is 0 Å². The van der Waals surface area contributed by atoms with Gasteiger partial charge in [0.2, 0.25) is 5.91 Å². The van der Waals surface area contributed by atoms with E-state index < -0.39 is 5.97 Å². The van der Waals surface area contributed by atoms with Crippen molar-refractivity contribution in [2.24, 2.45) is 11.8 Å². The molecule has 1 unspecified atom stereocenters. The van der Waals surface area contributed by atoms with Crippen LogP contribution in [0.2, 0.25) is 0 Å². The monoisotopic (exact) mass is 391 g/mol. The summed E-state index contributed by atoms with van der Waals surface area (Å²) in [5.74, 6) is 0.387. The largest absolute Gasteiger partial charge is 0.480 e. The van der Waals surface area contributed by atoms with E-state index in [1.807, 2.05) is 16.8 Å². The van der Waals surface area contributed by atoms with Gasteiger partial charge >= 0.3 is 5.97 Å². The van der Waals surface area contributed by atoms with E-state index in [-0.39, 0.29) is 24.9 Å². The summed E-state index contributed by atoms with van der Waals surface area (Å²) in [6.45, 7) is 12.6. The Balaban J connectivity index is 0.00000625. The van der Waals surface area contributed by atoms with Crippen LogP contribution in [0.25, 0.3) is 0 Å². The van der Waals surface area contributed by atoms with Crippen LogP contribution in [0.1, 0.15) is 47.0 Å². The number of halogens is 1. The zero-order valence-corrected chi connectivity index (χ0v) is 17.9. The summed E-state index contributed by atoms with van der Waals surface area (Å²) in [5, 5.41) is 8.96. The van der Waals surface area contributed by atoms with E-state index >= 15 is 0 Å². The lowest BCUT2D eigenvalue weighted by atomic mass is 10.1. The second kappa shape index (κ2) is 12.5. The molecular weight excluding hydrogens is 354 g/mol. The summed E-state index contributed by atoms with van der Waals surface area (Å²) in [5.41, 5.74) is 0. The standard InChI is InChI=1S/C19H37N3O3.ClH/c1-15(2)11-22(12-16(3)4)18(23)13-21-9-6-7-17(8-10-21)20(5)14-19(24)25;/h15-17H,6-14H2,1-5H3,(H,24,25);1H. The molecule has 1 aliphatic heterocycles. The van der Waals surface area contributed by atoms with Crippen molar-refractivity contribution < 1.29 is 14.7 Å². The van der Waals surface area contributed by atoms with Gasteiger partial charge in [0.05, 0.1) is 13.1 Å². The minimum absolute atomic E-state index is 0. The summed E-state index contributed by atoms with van der Waals surface area (Å²) >= 11 is 0. The highest BCUT2D eigenvalue weighted by atomic mass is 35.5. The molecule has 26 heavy (non-hydrogen) atoms. The van der Waals surface area contributed by atoms with Gasteiger partial charge in [-0.3, -0.25) is 19.4 Å². The van der Waals surface area contributed by atoms with Gasteiger partial charge in [-0.1, -0.05) is 27.7 Å². The van der Waals surface area contributed by atoms with Crippen molar-refractivity contribution in [3.05, 3.63) is 0 Å². The number of nitrogens with zero attached hydrogens (tertiary/aromatic N) is 3. The van der Waals surface area contributed by atoms with Gasteiger partial charge in [0.25, 0.3) is 0 Å². The number of carbonyl (C=O) groups is 2. The molecule has 6 nitrogen and oxygen atoms in total. The molecule has 1 fully saturated rings. The Morgan fingerprint density at radius 1 is 1.08 bits per heavy atom. The van der Waals surface area contributed by atoms with Crippen molar-refractivity contribution in [2.45, 2.75) is 53.0 Å².